The third-order valence-corrected chi connectivity index (χ3v) is 7.03. The van der Waals surface area contributed by atoms with E-state index >= 15 is 0 Å². The van der Waals surface area contributed by atoms with Gasteiger partial charge in [-0.2, -0.15) is 0 Å². The fourth-order valence-electron chi connectivity index (χ4n) is 3.56. The number of nitrogens with zero attached hydrogens (tertiary/aromatic N) is 2. The van der Waals surface area contributed by atoms with Crippen molar-refractivity contribution >= 4 is 39.1 Å². The topological polar surface area (TPSA) is 86.8 Å². The third-order valence-electron chi connectivity index (χ3n) is 5.59. The first-order chi connectivity index (χ1) is 16.0. The predicted octanol–water partition coefficient (Wildman–Crippen LogP) is 4.14. The monoisotopic (exact) mass is 507 g/mol. The number of carbonyl (C=O) groups excluding carboxylic acids is 2. The predicted molar refractivity (Wildman–Crippen MR) is 137 cm³/mol. The van der Waals surface area contributed by atoms with E-state index in [1.807, 2.05) is 38.1 Å². The number of sulfonamides is 1. The van der Waals surface area contributed by atoms with Crippen molar-refractivity contribution in [1.82, 2.24) is 10.2 Å². The highest BCUT2D eigenvalue weighted by atomic mass is 35.5. The van der Waals surface area contributed by atoms with Crippen molar-refractivity contribution in [2.24, 2.45) is 0 Å². The van der Waals surface area contributed by atoms with Crippen LogP contribution in [0.2, 0.25) is 5.02 Å². The maximum atomic E-state index is 13.3. The number of nitrogens with one attached hydrogen (secondary N) is 1. The fraction of sp³-hybridized carbons (Fsp3) is 0.440. The molecule has 2 rings (SSSR count). The highest BCUT2D eigenvalue weighted by Crippen LogP contribution is 2.21. The van der Waals surface area contributed by atoms with E-state index < -0.39 is 16.1 Å². The van der Waals surface area contributed by atoms with Gasteiger partial charge in [-0.15, -0.1) is 0 Å². The standard InChI is InChI=1S/C25H34ClN3O4S/c1-5-16-27-25(31)20(3)28(18-21-10-7-6-9-19(21)2)24(30)11-8-17-29(34(4,32)33)23-14-12-22(26)13-15-23/h6-7,9-10,12-15,20H,5,8,11,16-18H2,1-4H3,(H,27,31)/t20-/m0/s1. The van der Waals surface area contributed by atoms with Crippen molar-refractivity contribution in [3.8, 4) is 0 Å². The Kier molecular flexibility index (Phi) is 10.4. The van der Waals surface area contributed by atoms with E-state index in [9.17, 15) is 18.0 Å². The molecule has 1 N–H and O–H groups in total. The molecule has 0 spiro atoms. The van der Waals surface area contributed by atoms with Gasteiger partial charge in [-0.25, -0.2) is 8.42 Å². The lowest BCUT2D eigenvalue weighted by atomic mass is 10.1. The van der Waals surface area contributed by atoms with Crippen LogP contribution >= 0.6 is 11.6 Å². The lowest BCUT2D eigenvalue weighted by molar-refractivity contribution is -0.140. The average molecular weight is 508 g/mol. The van der Waals surface area contributed by atoms with Crippen LogP contribution in [0.3, 0.4) is 0 Å². The number of hydrogen-bond donors (Lipinski definition) is 1. The molecule has 0 saturated carbocycles. The summed E-state index contributed by atoms with van der Waals surface area (Å²) >= 11 is 5.92. The van der Waals surface area contributed by atoms with Crippen LogP contribution < -0.4 is 9.62 Å². The van der Waals surface area contributed by atoms with E-state index in [2.05, 4.69) is 5.32 Å². The summed E-state index contributed by atoms with van der Waals surface area (Å²) in [6.07, 6.45) is 2.35. The van der Waals surface area contributed by atoms with Crippen molar-refractivity contribution in [2.45, 2.75) is 52.6 Å². The van der Waals surface area contributed by atoms with Gasteiger partial charge in [0.1, 0.15) is 6.04 Å². The second-order valence-corrected chi connectivity index (χ2v) is 10.7. The molecule has 34 heavy (non-hydrogen) atoms. The SMILES string of the molecule is CCCNC(=O)[C@H](C)N(Cc1ccccc1C)C(=O)CCCN(c1ccc(Cl)cc1)S(C)(=O)=O. The van der Waals surface area contributed by atoms with Crippen LogP contribution in [0.5, 0.6) is 0 Å². The molecule has 0 heterocycles. The Hall–Kier alpha value is -2.58. The summed E-state index contributed by atoms with van der Waals surface area (Å²) in [5.41, 5.74) is 2.49. The van der Waals surface area contributed by atoms with Crippen LogP contribution in [0, 0.1) is 6.92 Å². The molecule has 0 radical (unpaired) electrons. The normalized spacial score (nSPS) is 12.1. The largest absolute Gasteiger partial charge is 0.354 e. The summed E-state index contributed by atoms with van der Waals surface area (Å²) in [7, 11) is -3.54. The molecular weight excluding hydrogens is 474 g/mol. The molecule has 0 aliphatic carbocycles. The van der Waals surface area contributed by atoms with Gasteiger partial charge in [-0.3, -0.25) is 13.9 Å². The zero-order valence-electron chi connectivity index (χ0n) is 20.3. The molecule has 1 atom stereocenters. The van der Waals surface area contributed by atoms with Gasteiger partial charge < -0.3 is 10.2 Å². The molecule has 0 saturated heterocycles. The number of halogens is 1. The van der Waals surface area contributed by atoms with Crippen LogP contribution in [0.1, 0.15) is 44.2 Å². The molecule has 0 unspecified atom stereocenters. The number of benzene rings is 2. The quantitative estimate of drug-likeness (QED) is 0.467. The first-order valence-electron chi connectivity index (χ1n) is 11.4. The molecule has 0 fully saturated rings. The minimum Gasteiger partial charge on any atom is -0.354 e. The Balaban J connectivity index is 2.15. The van der Waals surface area contributed by atoms with Crippen molar-refractivity contribution in [2.75, 3.05) is 23.7 Å². The van der Waals surface area contributed by atoms with Crippen LogP contribution in [-0.4, -0.2) is 50.5 Å². The lowest BCUT2D eigenvalue weighted by Crippen LogP contribution is -2.48. The van der Waals surface area contributed by atoms with E-state index in [0.29, 0.717) is 30.2 Å². The minimum atomic E-state index is -3.54. The van der Waals surface area contributed by atoms with Crippen molar-refractivity contribution in [3.05, 3.63) is 64.7 Å². The lowest BCUT2D eigenvalue weighted by Gasteiger charge is -2.30. The second kappa shape index (κ2) is 12.8. The Labute approximate surface area is 208 Å². The minimum absolute atomic E-state index is 0.108. The zero-order valence-corrected chi connectivity index (χ0v) is 21.8. The molecule has 2 aromatic rings. The van der Waals surface area contributed by atoms with Crippen LogP contribution in [0.4, 0.5) is 5.69 Å². The smallest absolute Gasteiger partial charge is 0.242 e. The molecule has 2 aromatic carbocycles. The molecule has 0 aliphatic heterocycles. The number of anilines is 1. The first-order valence-corrected chi connectivity index (χ1v) is 13.6. The molecule has 186 valence electrons. The van der Waals surface area contributed by atoms with E-state index in [0.717, 1.165) is 23.8 Å². The van der Waals surface area contributed by atoms with Crippen LogP contribution in [0.15, 0.2) is 48.5 Å². The van der Waals surface area contributed by atoms with E-state index in [4.69, 9.17) is 11.6 Å². The highest BCUT2D eigenvalue weighted by molar-refractivity contribution is 7.92. The van der Waals surface area contributed by atoms with Crippen molar-refractivity contribution in [3.63, 3.8) is 0 Å². The summed E-state index contributed by atoms with van der Waals surface area (Å²) in [4.78, 5) is 27.5. The maximum absolute atomic E-state index is 13.3. The fourth-order valence-corrected chi connectivity index (χ4v) is 4.65. The molecular formula is C25H34ClN3O4S. The molecule has 0 bridgehead atoms. The van der Waals surface area contributed by atoms with Gasteiger partial charge in [0.15, 0.2) is 0 Å². The van der Waals surface area contributed by atoms with Crippen LogP contribution in [-0.2, 0) is 26.2 Å². The third kappa shape index (κ3) is 8.02. The zero-order chi connectivity index (χ0) is 25.3. The van der Waals surface area contributed by atoms with Crippen LogP contribution in [0.25, 0.3) is 0 Å². The van der Waals surface area contributed by atoms with Crippen molar-refractivity contribution < 1.29 is 18.0 Å². The summed E-state index contributed by atoms with van der Waals surface area (Å²) < 4.78 is 26.0. The number of rotatable bonds is 12. The highest BCUT2D eigenvalue weighted by Gasteiger charge is 2.26. The number of carbonyl (C=O) groups is 2. The summed E-state index contributed by atoms with van der Waals surface area (Å²) in [5, 5.41) is 3.37. The van der Waals surface area contributed by atoms with E-state index in [1.165, 1.54) is 4.31 Å². The number of hydrogen-bond acceptors (Lipinski definition) is 4. The molecule has 2 amide bonds. The van der Waals surface area contributed by atoms with Gasteiger partial charge in [0.2, 0.25) is 21.8 Å². The Morgan fingerprint density at radius 1 is 1.09 bits per heavy atom. The number of aryl methyl sites for hydroxylation is 1. The average Bonchev–Trinajstić information content (AvgIpc) is 2.79. The molecule has 0 aromatic heterocycles. The Bertz CT molecular complexity index is 1070. The van der Waals surface area contributed by atoms with Gasteiger partial charge in [-0.05, 0) is 62.1 Å². The van der Waals surface area contributed by atoms with Gasteiger partial charge in [0.05, 0.1) is 11.9 Å². The van der Waals surface area contributed by atoms with Gasteiger partial charge >= 0.3 is 0 Å². The van der Waals surface area contributed by atoms with Crippen molar-refractivity contribution in [1.29, 1.82) is 0 Å². The second-order valence-electron chi connectivity index (χ2n) is 8.33. The Morgan fingerprint density at radius 2 is 1.74 bits per heavy atom. The van der Waals surface area contributed by atoms with Gasteiger partial charge in [0, 0.05) is 31.1 Å². The number of amides is 2. The maximum Gasteiger partial charge on any atom is 0.242 e. The molecule has 9 heteroatoms. The summed E-state index contributed by atoms with van der Waals surface area (Å²) in [6, 6.07) is 13.6. The molecule has 0 aliphatic rings. The van der Waals surface area contributed by atoms with E-state index in [1.54, 1.807) is 36.1 Å². The Morgan fingerprint density at radius 3 is 2.32 bits per heavy atom. The summed E-state index contributed by atoms with van der Waals surface area (Å²) in [6.45, 7) is 6.64. The first kappa shape index (κ1) is 27.7. The molecule has 7 nitrogen and oxygen atoms in total. The van der Waals surface area contributed by atoms with E-state index in [-0.39, 0.29) is 24.8 Å². The van der Waals surface area contributed by atoms with Gasteiger partial charge in [-0.1, -0.05) is 42.8 Å². The van der Waals surface area contributed by atoms with Gasteiger partial charge in [0.25, 0.3) is 0 Å². The summed E-state index contributed by atoms with van der Waals surface area (Å²) in [5.74, 6) is -0.408.